The molecule has 2 rings (SSSR count). The number of amides is 1. The first-order valence-electron chi connectivity index (χ1n) is 5.15. The number of hydrogen-bond donors (Lipinski definition) is 0. The zero-order chi connectivity index (χ0) is 9.26. The number of alkyl halides is 1. The van der Waals surface area contributed by atoms with E-state index in [0.29, 0.717) is 12.3 Å². The van der Waals surface area contributed by atoms with Gasteiger partial charge >= 0.3 is 0 Å². The van der Waals surface area contributed by atoms with E-state index >= 15 is 0 Å². The summed E-state index contributed by atoms with van der Waals surface area (Å²) in [6.07, 6.45) is 4.75. The van der Waals surface area contributed by atoms with Crippen molar-refractivity contribution in [1.29, 1.82) is 0 Å². The zero-order valence-corrected chi connectivity index (χ0v) is 9.42. The van der Waals surface area contributed by atoms with Crippen molar-refractivity contribution in [2.24, 2.45) is 11.8 Å². The molecule has 1 aliphatic heterocycles. The van der Waals surface area contributed by atoms with Gasteiger partial charge in [-0.05, 0) is 24.7 Å². The van der Waals surface area contributed by atoms with Crippen molar-refractivity contribution in [2.75, 3.05) is 18.4 Å². The fourth-order valence-electron chi connectivity index (χ4n) is 2.68. The molecule has 2 fully saturated rings. The highest BCUT2D eigenvalue weighted by Crippen LogP contribution is 2.37. The fourth-order valence-corrected chi connectivity index (χ4v) is 3.02. The number of carbonyl (C=O) groups is 1. The van der Waals surface area contributed by atoms with Crippen LogP contribution in [0.5, 0.6) is 0 Å². The normalized spacial score (nSPS) is 32.2. The predicted octanol–water partition coefficient (Wildman–Crippen LogP) is 2.03. The second-order valence-corrected chi connectivity index (χ2v) is 4.98. The van der Waals surface area contributed by atoms with Crippen LogP contribution in [0, 0.1) is 11.8 Å². The standard InChI is InChI=1S/C10H16BrNO/c11-5-4-10(13)12-6-8-2-1-3-9(8)7-12/h8-9H,1-7H2. The molecule has 2 nitrogen and oxygen atoms in total. The highest BCUT2D eigenvalue weighted by atomic mass is 79.9. The molecular weight excluding hydrogens is 230 g/mol. The summed E-state index contributed by atoms with van der Waals surface area (Å²) < 4.78 is 0. The third-order valence-corrected chi connectivity index (χ3v) is 3.78. The smallest absolute Gasteiger partial charge is 0.223 e. The fraction of sp³-hybridized carbons (Fsp3) is 0.900. The summed E-state index contributed by atoms with van der Waals surface area (Å²) in [7, 11) is 0. The zero-order valence-electron chi connectivity index (χ0n) is 7.84. The first-order chi connectivity index (χ1) is 6.31. The Bertz CT molecular complexity index is 195. The van der Waals surface area contributed by atoms with Gasteiger partial charge in [0.1, 0.15) is 0 Å². The topological polar surface area (TPSA) is 20.3 Å². The molecule has 0 spiro atoms. The van der Waals surface area contributed by atoms with Crippen molar-refractivity contribution in [3.63, 3.8) is 0 Å². The monoisotopic (exact) mass is 245 g/mol. The minimum Gasteiger partial charge on any atom is -0.342 e. The second-order valence-electron chi connectivity index (χ2n) is 4.19. The molecule has 74 valence electrons. The molecule has 0 radical (unpaired) electrons. The van der Waals surface area contributed by atoms with Crippen LogP contribution in [0.25, 0.3) is 0 Å². The van der Waals surface area contributed by atoms with Crippen LogP contribution in [-0.4, -0.2) is 29.2 Å². The summed E-state index contributed by atoms with van der Waals surface area (Å²) in [5.74, 6) is 2.00. The molecular formula is C10H16BrNO. The summed E-state index contributed by atoms with van der Waals surface area (Å²) in [5, 5.41) is 0.803. The van der Waals surface area contributed by atoms with E-state index in [4.69, 9.17) is 0 Å². The van der Waals surface area contributed by atoms with Crippen molar-refractivity contribution in [2.45, 2.75) is 25.7 Å². The van der Waals surface area contributed by atoms with Gasteiger partial charge in [-0.1, -0.05) is 22.4 Å². The lowest BCUT2D eigenvalue weighted by atomic mass is 10.0. The Morgan fingerprint density at radius 1 is 1.31 bits per heavy atom. The molecule has 0 aromatic rings. The van der Waals surface area contributed by atoms with Crippen molar-refractivity contribution in [3.8, 4) is 0 Å². The molecule has 1 heterocycles. The Balaban J connectivity index is 1.87. The molecule has 0 bridgehead atoms. The number of halogens is 1. The van der Waals surface area contributed by atoms with E-state index in [1.807, 2.05) is 0 Å². The lowest BCUT2D eigenvalue weighted by molar-refractivity contribution is -0.129. The molecule has 1 saturated carbocycles. The third kappa shape index (κ3) is 1.90. The van der Waals surface area contributed by atoms with Crippen LogP contribution in [0.1, 0.15) is 25.7 Å². The predicted molar refractivity (Wildman–Crippen MR) is 55.8 cm³/mol. The number of carbonyl (C=O) groups excluding carboxylic acids is 1. The lowest BCUT2D eigenvalue weighted by Gasteiger charge is -2.16. The highest BCUT2D eigenvalue weighted by molar-refractivity contribution is 9.09. The molecule has 2 aliphatic rings. The maximum Gasteiger partial charge on any atom is 0.223 e. The maximum atomic E-state index is 11.6. The molecule has 2 atom stereocenters. The Hall–Kier alpha value is -0.0500. The van der Waals surface area contributed by atoms with Crippen LogP contribution in [0.3, 0.4) is 0 Å². The summed E-state index contributed by atoms with van der Waals surface area (Å²) in [5.41, 5.74) is 0. The molecule has 0 aromatic carbocycles. The van der Waals surface area contributed by atoms with Gasteiger partial charge < -0.3 is 4.90 Å². The SMILES string of the molecule is O=C(CCBr)N1CC2CCCC2C1. The van der Waals surface area contributed by atoms with E-state index in [0.717, 1.165) is 30.3 Å². The quantitative estimate of drug-likeness (QED) is 0.683. The number of hydrogen-bond acceptors (Lipinski definition) is 1. The van der Waals surface area contributed by atoms with Crippen molar-refractivity contribution < 1.29 is 4.79 Å². The molecule has 3 heteroatoms. The molecule has 2 unspecified atom stereocenters. The van der Waals surface area contributed by atoms with Gasteiger partial charge in [-0.2, -0.15) is 0 Å². The third-order valence-electron chi connectivity index (χ3n) is 3.39. The highest BCUT2D eigenvalue weighted by Gasteiger charge is 2.37. The summed E-state index contributed by atoms with van der Waals surface area (Å²) in [6.45, 7) is 2.08. The average Bonchev–Trinajstić information content (AvgIpc) is 2.61. The van der Waals surface area contributed by atoms with Crippen LogP contribution in [0.2, 0.25) is 0 Å². The Morgan fingerprint density at radius 3 is 2.46 bits per heavy atom. The van der Waals surface area contributed by atoms with Gasteiger partial charge in [-0.25, -0.2) is 0 Å². The van der Waals surface area contributed by atoms with Crippen molar-refractivity contribution in [1.82, 2.24) is 4.90 Å². The first-order valence-corrected chi connectivity index (χ1v) is 6.27. The van der Waals surface area contributed by atoms with Gasteiger partial charge in [-0.15, -0.1) is 0 Å². The van der Waals surface area contributed by atoms with Crippen LogP contribution in [0.4, 0.5) is 0 Å². The van der Waals surface area contributed by atoms with E-state index in [-0.39, 0.29) is 0 Å². The van der Waals surface area contributed by atoms with Crippen LogP contribution < -0.4 is 0 Å². The van der Waals surface area contributed by atoms with Gasteiger partial charge in [0.25, 0.3) is 0 Å². The molecule has 13 heavy (non-hydrogen) atoms. The lowest BCUT2D eigenvalue weighted by Crippen LogP contribution is -2.29. The number of rotatable bonds is 2. The molecule has 1 amide bonds. The minimum absolute atomic E-state index is 0.339. The van der Waals surface area contributed by atoms with Gasteiger partial charge in [0.15, 0.2) is 0 Å². The maximum absolute atomic E-state index is 11.6. The van der Waals surface area contributed by atoms with Gasteiger partial charge in [0.05, 0.1) is 0 Å². The van der Waals surface area contributed by atoms with Crippen LogP contribution in [0.15, 0.2) is 0 Å². The van der Waals surface area contributed by atoms with E-state index in [1.54, 1.807) is 0 Å². The van der Waals surface area contributed by atoms with E-state index < -0.39 is 0 Å². The molecule has 0 aromatic heterocycles. The molecule has 0 N–H and O–H groups in total. The Labute approximate surface area is 87.8 Å². The number of likely N-dealkylation sites (tertiary alicyclic amines) is 1. The Kier molecular flexibility index (Phi) is 2.92. The van der Waals surface area contributed by atoms with E-state index in [1.165, 1.54) is 19.3 Å². The van der Waals surface area contributed by atoms with Crippen molar-refractivity contribution >= 4 is 21.8 Å². The minimum atomic E-state index is 0.339. The van der Waals surface area contributed by atoms with Crippen LogP contribution >= 0.6 is 15.9 Å². The van der Waals surface area contributed by atoms with Crippen molar-refractivity contribution in [3.05, 3.63) is 0 Å². The first kappa shape index (κ1) is 9.50. The van der Waals surface area contributed by atoms with Gasteiger partial charge in [0, 0.05) is 24.8 Å². The van der Waals surface area contributed by atoms with Gasteiger partial charge in [-0.3, -0.25) is 4.79 Å². The summed E-state index contributed by atoms with van der Waals surface area (Å²) in [4.78, 5) is 13.6. The summed E-state index contributed by atoms with van der Waals surface area (Å²) in [6, 6.07) is 0. The molecule has 1 saturated heterocycles. The molecule has 1 aliphatic carbocycles. The van der Waals surface area contributed by atoms with E-state index in [9.17, 15) is 4.79 Å². The number of fused-ring (bicyclic) bond motifs is 1. The number of nitrogens with zero attached hydrogens (tertiary/aromatic N) is 1. The summed E-state index contributed by atoms with van der Waals surface area (Å²) >= 11 is 3.31. The Morgan fingerprint density at radius 2 is 1.92 bits per heavy atom. The van der Waals surface area contributed by atoms with E-state index in [2.05, 4.69) is 20.8 Å². The average molecular weight is 246 g/mol. The largest absolute Gasteiger partial charge is 0.342 e. The second kappa shape index (κ2) is 3.99. The van der Waals surface area contributed by atoms with Crippen LogP contribution in [-0.2, 0) is 4.79 Å². The van der Waals surface area contributed by atoms with Gasteiger partial charge in [0.2, 0.25) is 5.91 Å².